The van der Waals surface area contributed by atoms with Crippen LogP contribution in [0.5, 0.6) is 0 Å². The van der Waals surface area contributed by atoms with E-state index in [0.717, 1.165) is 5.56 Å². The van der Waals surface area contributed by atoms with Gasteiger partial charge in [0.2, 0.25) is 5.69 Å². The molecular weight excluding hydrogens is 416 g/mol. The molecule has 0 spiro atoms. The van der Waals surface area contributed by atoms with Gasteiger partial charge < -0.3 is 15.8 Å². The van der Waals surface area contributed by atoms with Crippen LogP contribution in [0.4, 0.5) is 21.1 Å². The first kappa shape index (κ1) is 21.3. The minimum atomic E-state index is -0.961. The van der Waals surface area contributed by atoms with Gasteiger partial charge in [0.25, 0.3) is 0 Å². The molecule has 31 heavy (non-hydrogen) atoms. The Morgan fingerprint density at radius 1 is 1.32 bits per heavy atom. The molecule has 0 saturated carbocycles. The summed E-state index contributed by atoms with van der Waals surface area (Å²) in [6, 6.07) is 9.15. The summed E-state index contributed by atoms with van der Waals surface area (Å²) in [6.45, 7) is 7.10. The predicted molar refractivity (Wildman–Crippen MR) is 116 cm³/mol. The summed E-state index contributed by atoms with van der Waals surface area (Å²) in [5.74, 6) is 2.70. The highest BCUT2D eigenvalue weighted by Gasteiger charge is 2.18. The number of hydrogen-bond donors (Lipinski definition) is 3. The second-order valence-corrected chi connectivity index (χ2v) is 6.93. The van der Waals surface area contributed by atoms with E-state index in [-0.39, 0.29) is 6.61 Å². The molecule has 154 valence electrons. The van der Waals surface area contributed by atoms with Gasteiger partial charge in [-0.3, -0.25) is 10.3 Å². The number of ether oxygens (including phenoxy) is 1. The smallest absolute Gasteiger partial charge is 0.404 e. The Labute approximate surface area is 182 Å². The Balaban J connectivity index is 1.78. The number of carbonyl (C=O) groups excluding carboxylic acids is 2. The Morgan fingerprint density at radius 3 is 2.74 bits per heavy atom. The maximum atomic E-state index is 12.4. The number of rotatable bonds is 6. The van der Waals surface area contributed by atoms with Crippen molar-refractivity contribution in [1.29, 1.82) is 0 Å². The van der Waals surface area contributed by atoms with Gasteiger partial charge in [0.1, 0.15) is 12.4 Å². The van der Waals surface area contributed by atoms with Gasteiger partial charge in [0.15, 0.2) is 5.01 Å². The molecule has 0 radical (unpaired) electrons. The van der Waals surface area contributed by atoms with E-state index in [9.17, 15) is 9.59 Å². The molecule has 9 nitrogen and oxygen atoms in total. The number of urea groups is 1. The molecule has 1 atom stereocenters. The zero-order valence-corrected chi connectivity index (χ0v) is 16.8. The lowest BCUT2D eigenvalue weighted by Gasteiger charge is -2.19. The molecule has 2 heterocycles. The zero-order chi connectivity index (χ0) is 22.2. The molecule has 0 aliphatic carbocycles. The monoisotopic (exact) mass is 432 g/mol. The van der Waals surface area contributed by atoms with Crippen LogP contribution in [0.2, 0.25) is 0 Å². The lowest BCUT2D eigenvalue weighted by Crippen LogP contribution is -2.36. The van der Waals surface area contributed by atoms with Crippen molar-refractivity contribution in [2.75, 3.05) is 11.9 Å². The lowest BCUT2D eigenvalue weighted by molar-refractivity contribution is 0.144. The molecule has 3 aromatic rings. The molecule has 3 amide bonds. The number of anilines is 1. The third-order valence-electron chi connectivity index (χ3n) is 4.06. The topological polar surface area (TPSA) is 124 Å². The van der Waals surface area contributed by atoms with E-state index in [4.69, 9.17) is 23.5 Å². The number of carbonyl (C=O) groups is 2. The summed E-state index contributed by atoms with van der Waals surface area (Å²) in [6.07, 6.45) is 5.93. The molecule has 0 unspecified atom stereocenters. The molecule has 0 aliphatic rings. The predicted octanol–water partition coefficient (Wildman–Crippen LogP) is 3.70. The number of nitrogens with two attached hydrogens (primary N) is 1. The molecule has 0 aliphatic heterocycles. The van der Waals surface area contributed by atoms with Crippen molar-refractivity contribution < 1.29 is 14.3 Å². The Kier molecular flexibility index (Phi) is 6.78. The maximum absolute atomic E-state index is 12.4. The van der Waals surface area contributed by atoms with E-state index in [0.29, 0.717) is 27.8 Å². The van der Waals surface area contributed by atoms with Crippen molar-refractivity contribution in [3.63, 3.8) is 0 Å². The minimum Gasteiger partial charge on any atom is -0.447 e. The van der Waals surface area contributed by atoms with Crippen LogP contribution in [0.25, 0.3) is 16.1 Å². The summed E-state index contributed by atoms with van der Waals surface area (Å²) < 4.78 is 4.89. The number of hydrogen-bond acceptors (Lipinski definition) is 6. The standard InChI is InChI=1S/C21H16N6O3S/c1-3-18-26-17(12-31-18)27-21(29)25-16(11-30-20(22)28)13-6-8-14(9-7-13)19-15(23-2)5-4-10-24-19/h1,4-10,12,16H,11H2,(H2,22,28)(H2,25,27,29)/t16-/m0/s1. The van der Waals surface area contributed by atoms with Crippen LogP contribution in [0, 0.1) is 18.9 Å². The Bertz CT molecular complexity index is 1180. The van der Waals surface area contributed by atoms with Gasteiger partial charge in [0, 0.05) is 11.6 Å². The van der Waals surface area contributed by atoms with Crippen LogP contribution >= 0.6 is 11.3 Å². The molecule has 0 fully saturated rings. The van der Waals surface area contributed by atoms with Crippen LogP contribution in [-0.4, -0.2) is 28.7 Å². The zero-order valence-electron chi connectivity index (χ0n) is 16.0. The summed E-state index contributed by atoms with van der Waals surface area (Å²) in [4.78, 5) is 35.2. The average Bonchev–Trinajstić information content (AvgIpc) is 3.24. The number of nitrogens with zero attached hydrogens (tertiary/aromatic N) is 3. The van der Waals surface area contributed by atoms with E-state index in [1.54, 1.807) is 48.0 Å². The van der Waals surface area contributed by atoms with Gasteiger partial charge in [-0.15, -0.1) is 17.8 Å². The van der Waals surface area contributed by atoms with E-state index >= 15 is 0 Å². The summed E-state index contributed by atoms with van der Waals surface area (Å²) in [5, 5.41) is 7.34. The molecule has 3 rings (SSSR count). The van der Waals surface area contributed by atoms with Crippen molar-refractivity contribution in [2.24, 2.45) is 5.73 Å². The van der Waals surface area contributed by atoms with Crippen LogP contribution in [-0.2, 0) is 4.74 Å². The van der Waals surface area contributed by atoms with E-state index in [2.05, 4.69) is 31.4 Å². The first-order valence-electron chi connectivity index (χ1n) is 8.85. The van der Waals surface area contributed by atoms with Gasteiger partial charge >= 0.3 is 12.1 Å². The number of pyridine rings is 1. The third-order valence-corrected chi connectivity index (χ3v) is 4.83. The largest absolute Gasteiger partial charge is 0.447 e. The average molecular weight is 432 g/mol. The van der Waals surface area contributed by atoms with E-state index in [1.807, 2.05) is 0 Å². The SMILES string of the molecule is [C-]#[N+]c1cccnc1-c1ccc([C@H](COC(N)=O)NC(=O)Nc2csc(C#C)n2)cc1. The summed E-state index contributed by atoms with van der Waals surface area (Å²) >= 11 is 1.22. The molecule has 1 aromatic carbocycles. The van der Waals surface area contributed by atoms with Gasteiger partial charge in [-0.25, -0.2) is 19.4 Å². The van der Waals surface area contributed by atoms with Crippen LogP contribution < -0.4 is 16.4 Å². The normalized spacial score (nSPS) is 10.9. The number of benzene rings is 1. The van der Waals surface area contributed by atoms with Gasteiger partial charge in [-0.2, -0.15) is 0 Å². The van der Waals surface area contributed by atoms with Gasteiger partial charge in [-0.05, 0) is 17.0 Å². The second kappa shape index (κ2) is 9.87. The van der Waals surface area contributed by atoms with Crippen molar-refractivity contribution >= 4 is 35.0 Å². The number of primary amides is 1. The minimum absolute atomic E-state index is 0.175. The molecule has 2 aromatic heterocycles. The summed E-state index contributed by atoms with van der Waals surface area (Å²) in [5.41, 5.74) is 7.44. The number of amides is 3. The number of aromatic nitrogens is 2. The Hall–Kier alpha value is -4.41. The lowest BCUT2D eigenvalue weighted by atomic mass is 10.0. The van der Waals surface area contributed by atoms with Crippen molar-refractivity contribution in [1.82, 2.24) is 15.3 Å². The molecule has 0 bridgehead atoms. The van der Waals surface area contributed by atoms with Gasteiger partial charge in [0.05, 0.1) is 18.3 Å². The van der Waals surface area contributed by atoms with Crippen molar-refractivity contribution in [2.45, 2.75) is 6.04 Å². The van der Waals surface area contributed by atoms with Gasteiger partial charge in [-0.1, -0.05) is 36.4 Å². The fraction of sp³-hybridized carbons (Fsp3) is 0.0952. The highest BCUT2D eigenvalue weighted by atomic mass is 32.1. The van der Waals surface area contributed by atoms with Crippen LogP contribution in [0.3, 0.4) is 0 Å². The van der Waals surface area contributed by atoms with Crippen molar-refractivity contribution in [3.05, 3.63) is 70.0 Å². The number of terminal acetylenes is 1. The highest BCUT2D eigenvalue weighted by molar-refractivity contribution is 7.10. The summed E-state index contributed by atoms with van der Waals surface area (Å²) in [7, 11) is 0. The molecular formula is C21H16N6O3S. The fourth-order valence-corrected chi connectivity index (χ4v) is 3.23. The number of thiazole rings is 1. The van der Waals surface area contributed by atoms with Crippen LogP contribution in [0.1, 0.15) is 16.6 Å². The Morgan fingerprint density at radius 2 is 2.10 bits per heavy atom. The molecule has 10 heteroatoms. The van der Waals surface area contributed by atoms with Crippen LogP contribution in [0.15, 0.2) is 48.0 Å². The van der Waals surface area contributed by atoms with E-state index in [1.165, 1.54) is 11.3 Å². The highest BCUT2D eigenvalue weighted by Crippen LogP contribution is 2.28. The first-order chi connectivity index (χ1) is 15.0. The fourth-order valence-electron chi connectivity index (χ4n) is 2.68. The van der Waals surface area contributed by atoms with E-state index < -0.39 is 18.2 Å². The number of nitrogens with one attached hydrogen (secondary N) is 2. The quantitative estimate of drug-likeness (QED) is 0.405. The third kappa shape index (κ3) is 5.56. The first-order valence-corrected chi connectivity index (χ1v) is 9.73. The molecule has 4 N–H and O–H groups in total. The second-order valence-electron chi connectivity index (χ2n) is 6.07. The van der Waals surface area contributed by atoms with Crippen molar-refractivity contribution in [3.8, 4) is 23.6 Å². The maximum Gasteiger partial charge on any atom is 0.404 e. The molecule has 0 saturated heterocycles.